The highest BCUT2D eigenvalue weighted by molar-refractivity contribution is 6.35. The second kappa shape index (κ2) is 8.66. The maximum absolute atomic E-state index is 12.4. The molecule has 1 aliphatic rings. The molecule has 1 saturated heterocycles. The van der Waals surface area contributed by atoms with Gasteiger partial charge in [-0.2, -0.15) is 0 Å². The normalized spacial score (nSPS) is 16.3. The first-order valence-corrected chi connectivity index (χ1v) is 9.27. The summed E-state index contributed by atoms with van der Waals surface area (Å²) < 4.78 is 0. The average molecular weight is 394 g/mol. The Balaban J connectivity index is 1.48. The Morgan fingerprint density at radius 1 is 1.19 bits per heavy atom. The summed E-state index contributed by atoms with van der Waals surface area (Å²) in [5.41, 5.74) is 0.857. The molecule has 2 heterocycles. The van der Waals surface area contributed by atoms with Gasteiger partial charge in [0.05, 0.1) is 12.6 Å². The number of piperazine rings is 1. The van der Waals surface area contributed by atoms with Gasteiger partial charge < -0.3 is 10.2 Å². The second-order valence-electron chi connectivity index (χ2n) is 6.27. The zero-order valence-corrected chi connectivity index (χ0v) is 16.0. The summed E-state index contributed by atoms with van der Waals surface area (Å²) in [7, 11) is 0. The number of rotatable bonds is 5. The molecule has 0 saturated carbocycles. The molecule has 8 heteroatoms. The highest BCUT2D eigenvalue weighted by Crippen LogP contribution is 2.26. The van der Waals surface area contributed by atoms with Crippen LogP contribution in [0.4, 0.5) is 5.95 Å². The number of aromatic nitrogens is 2. The summed E-state index contributed by atoms with van der Waals surface area (Å²) in [5.74, 6) is 0.718. The number of anilines is 1. The van der Waals surface area contributed by atoms with Gasteiger partial charge in [-0.3, -0.25) is 9.69 Å². The Kier molecular flexibility index (Phi) is 6.29. The van der Waals surface area contributed by atoms with Crippen molar-refractivity contribution in [3.8, 4) is 0 Å². The van der Waals surface area contributed by atoms with Crippen molar-refractivity contribution in [1.29, 1.82) is 0 Å². The lowest BCUT2D eigenvalue weighted by Gasteiger charge is -2.34. The number of carbonyl (C=O) groups excluding carboxylic acids is 1. The van der Waals surface area contributed by atoms with Gasteiger partial charge in [-0.15, -0.1) is 0 Å². The van der Waals surface area contributed by atoms with Gasteiger partial charge in [0.25, 0.3) is 0 Å². The van der Waals surface area contributed by atoms with Crippen LogP contribution < -0.4 is 10.2 Å². The molecule has 1 aliphatic heterocycles. The molecule has 0 bridgehead atoms. The van der Waals surface area contributed by atoms with E-state index in [4.69, 9.17) is 23.2 Å². The minimum Gasteiger partial charge on any atom is -0.348 e. The molecule has 1 unspecified atom stereocenters. The minimum absolute atomic E-state index is 0.0204. The number of nitrogens with zero attached hydrogens (tertiary/aromatic N) is 4. The fourth-order valence-corrected chi connectivity index (χ4v) is 3.55. The summed E-state index contributed by atoms with van der Waals surface area (Å²) >= 11 is 12.1. The minimum atomic E-state index is -0.175. The second-order valence-corrected chi connectivity index (χ2v) is 7.11. The third kappa shape index (κ3) is 4.84. The summed E-state index contributed by atoms with van der Waals surface area (Å²) in [6.07, 6.45) is 3.48. The number of amides is 1. The number of hydrogen-bond donors (Lipinski definition) is 1. The van der Waals surface area contributed by atoms with Crippen LogP contribution in [-0.2, 0) is 4.79 Å². The molecule has 0 radical (unpaired) electrons. The topological polar surface area (TPSA) is 61.4 Å². The fourth-order valence-electron chi connectivity index (χ4n) is 2.98. The van der Waals surface area contributed by atoms with Crippen molar-refractivity contribution >= 4 is 35.1 Å². The van der Waals surface area contributed by atoms with Crippen molar-refractivity contribution in [3.05, 3.63) is 52.3 Å². The number of halogens is 2. The van der Waals surface area contributed by atoms with E-state index in [1.807, 2.05) is 13.0 Å². The van der Waals surface area contributed by atoms with Crippen LogP contribution in [0.2, 0.25) is 10.0 Å². The van der Waals surface area contributed by atoms with E-state index in [1.165, 1.54) is 0 Å². The zero-order valence-electron chi connectivity index (χ0n) is 14.5. The number of hydrogen-bond acceptors (Lipinski definition) is 5. The zero-order chi connectivity index (χ0) is 18.5. The number of nitrogens with one attached hydrogen (secondary N) is 1. The van der Waals surface area contributed by atoms with Gasteiger partial charge in [0.2, 0.25) is 11.9 Å². The molecule has 1 atom stereocenters. The lowest BCUT2D eigenvalue weighted by molar-refractivity contribution is -0.123. The molecule has 1 aromatic carbocycles. The Hall–Kier alpha value is -1.89. The van der Waals surface area contributed by atoms with Gasteiger partial charge in [0.1, 0.15) is 0 Å². The van der Waals surface area contributed by atoms with E-state index < -0.39 is 0 Å². The molecule has 3 rings (SSSR count). The molecule has 6 nitrogen and oxygen atoms in total. The Morgan fingerprint density at radius 3 is 2.54 bits per heavy atom. The molecule has 0 aliphatic carbocycles. The first-order chi connectivity index (χ1) is 12.5. The summed E-state index contributed by atoms with van der Waals surface area (Å²) in [5, 5.41) is 4.14. The summed E-state index contributed by atoms with van der Waals surface area (Å²) in [6, 6.07) is 6.93. The lowest BCUT2D eigenvalue weighted by Crippen LogP contribution is -2.50. The van der Waals surface area contributed by atoms with Gasteiger partial charge in [-0.25, -0.2) is 9.97 Å². The standard InChI is InChI=1S/C18H21Cl2N5O/c1-13(15-4-3-14(19)11-16(15)20)23-17(26)12-24-7-9-25(10-8-24)18-21-5-2-6-22-18/h2-6,11,13H,7-10,12H2,1H3,(H,23,26). The van der Waals surface area contributed by atoms with Crippen molar-refractivity contribution in [2.75, 3.05) is 37.6 Å². The molecule has 1 amide bonds. The molecule has 1 N–H and O–H groups in total. The Morgan fingerprint density at radius 2 is 1.88 bits per heavy atom. The predicted octanol–water partition coefficient (Wildman–Crippen LogP) is 2.78. The summed E-state index contributed by atoms with van der Waals surface area (Å²) in [4.78, 5) is 25.2. The van der Waals surface area contributed by atoms with Crippen molar-refractivity contribution in [1.82, 2.24) is 20.2 Å². The van der Waals surface area contributed by atoms with Crippen molar-refractivity contribution in [3.63, 3.8) is 0 Å². The molecule has 138 valence electrons. The van der Waals surface area contributed by atoms with Crippen molar-refractivity contribution in [2.45, 2.75) is 13.0 Å². The van der Waals surface area contributed by atoms with E-state index >= 15 is 0 Å². The average Bonchev–Trinajstić information content (AvgIpc) is 2.63. The summed E-state index contributed by atoms with van der Waals surface area (Å²) in [6.45, 7) is 5.46. The van der Waals surface area contributed by atoms with Crippen LogP contribution in [0, 0.1) is 0 Å². The van der Waals surface area contributed by atoms with Gasteiger partial charge in [0.15, 0.2) is 0 Å². The quantitative estimate of drug-likeness (QED) is 0.845. The maximum Gasteiger partial charge on any atom is 0.234 e. The largest absolute Gasteiger partial charge is 0.348 e. The van der Waals surface area contributed by atoms with Crippen LogP contribution in [0.3, 0.4) is 0 Å². The van der Waals surface area contributed by atoms with Crippen LogP contribution in [0.5, 0.6) is 0 Å². The third-order valence-electron chi connectivity index (χ3n) is 4.38. The van der Waals surface area contributed by atoms with E-state index in [0.717, 1.165) is 37.7 Å². The SMILES string of the molecule is CC(NC(=O)CN1CCN(c2ncccn2)CC1)c1ccc(Cl)cc1Cl. The Labute approximate surface area is 163 Å². The van der Waals surface area contributed by atoms with Crippen LogP contribution in [-0.4, -0.2) is 53.5 Å². The van der Waals surface area contributed by atoms with E-state index in [9.17, 15) is 4.79 Å². The first kappa shape index (κ1) is 18.9. The monoisotopic (exact) mass is 393 g/mol. The number of carbonyl (C=O) groups is 1. The molecule has 1 aromatic heterocycles. The van der Waals surface area contributed by atoms with Crippen LogP contribution in [0.25, 0.3) is 0 Å². The van der Waals surface area contributed by atoms with Gasteiger partial charge in [-0.1, -0.05) is 29.3 Å². The van der Waals surface area contributed by atoms with E-state index in [-0.39, 0.29) is 11.9 Å². The Bertz CT molecular complexity index is 751. The highest BCUT2D eigenvalue weighted by Gasteiger charge is 2.21. The maximum atomic E-state index is 12.4. The van der Waals surface area contributed by atoms with Crippen molar-refractivity contribution < 1.29 is 4.79 Å². The molecular weight excluding hydrogens is 373 g/mol. The molecule has 1 fully saturated rings. The fraction of sp³-hybridized carbons (Fsp3) is 0.389. The molecule has 0 spiro atoms. The molecule has 2 aromatic rings. The van der Waals surface area contributed by atoms with E-state index in [2.05, 4.69) is 25.1 Å². The predicted molar refractivity (Wildman–Crippen MR) is 104 cm³/mol. The van der Waals surface area contributed by atoms with Crippen molar-refractivity contribution in [2.24, 2.45) is 0 Å². The van der Waals surface area contributed by atoms with Crippen LogP contribution in [0.1, 0.15) is 18.5 Å². The first-order valence-electron chi connectivity index (χ1n) is 8.51. The third-order valence-corrected chi connectivity index (χ3v) is 4.94. The van der Waals surface area contributed by atoms with Gasteiger partial charge in [-0.05, 0) is 30.7 Å². The van der Waals surface area contributed by atoms with Gasteiger partial charge in [0, 0.05) is 48.6 Å². The van der Waals surface area contributed by atoms with E-state index in [1.54, 1.807) is 30.6 Å². The van der Waals surface area contributed by atoms with Crippen LogP contribution >= 0.6 is 23.2 Å². The van der Waals surface area contributed by atoms with E-state index in [0.29, 0.717) is 16.6 Å². The lowest BCUT2D eigenvalue weighted by atomic mass is 10.1. The van der Waals surface area contributed by atoms with Gasteiger partial charge >= 0.3 is 0 Å². The van der Waals surface area contributed by atoms with Crippen LogP contribution in [0.15, 0.2) is 36.7 Å². The molecule has 26 heavy (non-hydrogen) atoms. The highest BCUT2D eigenvalue weighted by atomic mass is 35.5. The molecular formula is C18H21Cl2N5O. The smallest absolute Gasteiger partial charge is 0.234 e. The number of benzene rings is 1.